The summed E-state index contributed by atoms with van der Waals surface area (Å²) >= 11 is 0. The molecule has 40 valence electrons. The second-order valence-electron chi connectivity index (χ2n) is 2.44. The summed E-state index contributed by atoms with van der Waals surface area (Å²) in [4.78, 5) is 0. The van der Waals surface area contributed by atoms with E-state index in [9.17, 15) is 0 Å². The summed E-state index contributed by atoms with van der Waals surface area (Å²) < 4.78 is 0. The molecule has 0 aliphatic heterocycles. The fraction of sp³-hybridized carbons (Fsp3) is 0.857. The Kier molecular flexibility index (Phi) is 1.61. The van der Waals surface area contributed by atoms with Crippen LogP contribution in [0.15, 0.2) is 0 Å². The van der Waals surface area contributed by atoms with Crippen LogP contribution in [0.4, 0.5) is 0 Å². The first-order chi connectivity index (χ1) is 3.43. The van der Waals surface area contributed by atoms with Crippen molar-refractivity contribution < 1.29 is 0 Å². The highest BCUT2D eigenvalue weighted by atomic mass is 14.2. The van der Waals surface area contributed by atoms with E-state index in [1.54, 1.807) is 0 Å². The molecule has 1 saturated carbocycles. The molecule has 0 aromatic heterocycles. The van der Waals surface area contributed by atoms with Gasteiger partial charge in [-0.15, -0.1) is 0 Å². The van der Waals surface area contributed by atoms with Crippen LogP contribution in [0, 0.1) is 12.8 Å². The molecule has 0 heterocycles. The van der Waals surface area contributed by atoms with Gasteiger partial charge in [0, 0.05) is 0 Å². The third-order valence-corrected chi connectivity index (χ3v) is 1.88. The third kappa shape index (κ3) is 1.12. The van der Waals surface area contributed by atoms with E-state index in [2.05, 4.69) is 6.92 Å². The molecule has 0 unspecified atom stereocenters. The molecule has 0 saturated heterocycles. The Bertz CT molecular complexity index is 42.0. The zero-order chi connectivity index (χ0) is 5.11. The van der Waals surface area contributed by atoms with Gasteiger partial charge in [-0.2, -0.15) is 0 Å². The van der Waals surface area contributed by atoms with Crippen molar-refractivity contribution in [1.82, 2.24) is 0 Å². The summed E-state index contributed by atoms with van der Waals surface area (Å²) in [6.07, 6.45) is 6.98. The van der Waals surface area contributed by atoms with Crippen molar-refractivity contribution in [2.75, 3.05) is 0 Å². The van der Waals surface area contributed by atoms with Gasteiger partial charge >= 0.3 is 0 Å². The summed E-state index contributed by atoms with van der Waals surface area (Å²) in [5, 5.41) is 0. The lowest BCUT2D eigenvalue weighted by Gasteiger charge is -1.94. The first-order valence-corrected chi connectivity index (χ1v) is 3.22. The van der Waals surface area contributed by atoms with E-state index < -0.39 is 0 Å². The maximum atomic E-state index is 3.87. The first-order valence-electron chi connectivity index (χ1n) is 3.22. The highest BCUT2D eigenvalue weighted by Gasteiger charge is 2.14. The van der Waals surface area contributed by atoms with Crippen molar-refractivity contribution in [2.45, 2.75) is 32.1 Å². The smallest absolute Gasteiger partial charge is 0.0529 e. The molecule has 0 amide bonds. The Labute approximate surface area is 45.9 Å². The maximum Gasteiger partial charge on any atom is 0.0878 e. The van der Waals surface area contributed by atoms with Crippen LogP contribution in [0.2, 0.25) is 0 Å². The van der Waals surface area contributed by atoms with E-state index in [0.29, 0.717) is 0 Å². The Morgan fingerprint density at radius 2 is 1.86 bits per heavy atom. The molecule has 1 rings (SSSR count). The van der Waals surface area contributed by atoms with Gasteiger partial charge in [-0.25, -0.2) is 0 Å². The van der Waals surface area contributed by atoms with E-state index in [1.165, 1.54) is 32.1 Å². The monoisotopic (exact) mass is 97.1 g/mol. The number of hydrogen-bond donors (Lipinski definition) is 0. The molecule has 0 heteroatoms. The van der Waals surface area contributed by atoms with Crippen molar-refractivity contribution in [1.29, 1.82) is 0 Å². The van der Waals surface area contributed by atoms with E-state index in [1.807, 2.05) is 0 Å². The number of rotatable bonds is 1. The van der Waals surface area contributed by atoms with E-state index in [0.717, 1.165) is 5.92 Å². The molecular weight excluding hydrogens is 84.1 g/mol. The minimum Gasteiger partial charge on any atom is -0.0529 e. The van der Waals surface area contributed by atoms with Crippen LogP contribution in [0.25, 0.3) is 0 Å². The second-order valence-corrected chi connectivity index (χ2v) is 2.44. The van der Waals surface area contributed by atoms with Crippen LogP contribution in [-0.4, -0.2) is 0 Å². The molecule has 1 fully saturated rings. The lowest BCUT2D eigenvalue weighted by Crippen LogP contribution is -1.86. The first kappa shape index (κ1) is 5.02. The summed E-state index contributed by atoms with van der Waals surface area (Å²) in [5.41, 5.74) is 0. The van der Waals surface area contributed by atoms with E-state index in [4.69, 9.17) is 0 Å². The molecule has 7 heavy (non-hydrogen) atoms. The standard InChI is InChI=1S/C7H13/c1-2-7-5-3-4-6-7/h7H,1-6H2/q+1. The van der Waals surface area contributed by atoms with Crippen LogP contribution in [0.1, 0.15) is 32.1 Å². The van der Waals surface area contributed by atoms with E-state index in [-0.39, 0.29) is 0 Å². The lowest BCUT2D eigenvalue weighted by molar-refractivity contribution is 0.556. The second kappa shape index (κ2) is 2.25. The van der Waals surface area contributed by atoms with Gasteiger partial charge < -0.3 is 0 Å². The maximum absolute atomic E-state index is 3.87. The topological polar surface area (TPSA) is 0 Å². The van der Waals surface area contributed by atoms with Gasteiger partial charge in [0.25, 0.3) is 0 Å². The van der Waals surface area contributed by atoms with Gasteiger partial charge in [0.1, 0.15) is 0 Å². The molecule has 0 aromatic rings. The predicted molar refractivity (Wildman–Crippen MR) is 31.9 cm³/mol. The summed E-state index contributed by atoms with van der Waals surface area (Å²) in [7, 11) is 0. The summed E-state index contributed by atoms with van der Waals surface area (Å²) in [5.74, 6) is 0.986. The van der Waals surface area contributed by atoms with Crippen LogP contribution in [0.3, 0.4) is 0 Å². The summed E-state index contributed by atoms with van der Waals surface area (Å²) in [6, 6.07) is 0. The molecule has 0 nitrogen and oxygen atoms in total. The SMILES string of the molecule is [CH2+]CC1CCCC1. The van der Waals surface area contributed by atoms with Gasteiger partial charge in [0.2, 0.25) is 0 Å². The van der Waals surface area contributed by atoms with Crippen LogP contribution >= 0.6 is 0 Å². The van der Waals surface area contributed by atoms with Crippen molar-refractivity contribution in [3.63, 3.8) is 0 Å². The van der Waals surface area contributed by atoms with Crippen molar-refractivity contribution in [3.8, 4) is 0 Å². The van der Waals surface area contributed by atoms with Crippen molar-refractivity contribution in [3.05, 3.63) is 6.92 Å². The molecule has 0 N–H and O–H groups in total. The minimum atomic E-state index is 0.986. The molecule has 0 atom stereocenters. The predicted octanol–water partition coefficient (Wildman–Crippen LogP) is 2.40. The van der Waals surface area contributed by atoms with Gasteiger partial charge in [-0.3, -0.25) is 0 Å². The number of hydrogen-bond acceptors (Lipinski definition) is 0. The molecule has 0 spiro atoms. The Morgan fingerprint density at radius 1 is 1.29 bits per heavy atom. The van der Waals surface area contributed by atoms with Gasteiger partial charge in [0.05, 0.1) is 13.3 Å². The average molecular weight is 97.2 g/mol. The van der Waals surface area contributed by atoms with Crippen LogP contribution < -0.4 is 0 Å². The van der Waals surface area contributed by atoms with Gasteiger partial charge in [0.15, 0.2) is 0 Å². The Balaban J connectivity index is 2.14. The van der Waals surface area contributed by atoms with E-state index >= 15 is 0 Å². The molecule has 0 radical (unpaired) electrons. The third-order valence-electron chi connectivity index (χ3n) is 1.88. The lowest BCUT2D eigenvalue weighted by atomic mass is 10.1. The highest BCUT2D eigenvalue weighted by molar-refractivity contribution is 4.67. The molecule has 0 bridgehead atoms. The van der Waals surface area contributed by atoms with Crippen molar-refractivity contribution in [2.24, 2.45) is 5.92 Å². The van der Waals surface area contributed by atoms with Gasteiger partial charge in [-0.05, 0) is 18.8 Å². The normalized spacial score (nSPS) is 23.4. The van der Waals surface area contributed by atoms with Crippen molar-refractivity contribution >= 4 is 0 Å². The average Bonchev–Trinajstić information content (AvgIpc) is 2.14. The quantitative estimate of drug-likeness (QED) is 0.441. The van der Waals surface area contributed by atoms with Crippen LogP contribution in [0.5, 0.6) is 0 Å². The minimum absolute atomic E-state index is 0.986. The zero-order valence-corrected chi connectivity index (χ0v) is 4.82. The highest BCUT2D eigenvalue weighted by Crippen LogP contribution is 2.26. The molecular formula is C7H13+. The molecule has 0 aromatic carbocycles. The largest absolute Gasteiger partial charge is 0.0878 e. The fourth-order valence-electron chi connectivity index (χ4n) is 1.30. The Morgan fingerprint density at radius 3 is 2.14 bits per heavy atom. The Hall–Kier alpha value is -0.130. The molecule has 1 aliphatic carbocycles. The zero-order valence-electron chi connectivity index (χ0n) is 4.82. The fourth-order valence-corrected chi connectivity index (χ4v) is 1.30. The summed E-state index contributed by atoms with van der Waals surface area (Å²) in [6.45, 7) is 3.87. The van der Waals surface area contributed by atoms with Gasteiger partial charge in [-0.1, -0.05) is 12.8 Å². The van der Waals surface area contributed by atoms with Crippen LogP contribution in [-0.2, 0) is 0 Å². The molecule has 1 aliphatic rings.